The number of aromatic nitrogens is 2. The Hall–Kier alpha value is -2.18. The predicted octanol–water partition coefficient (Wildman–Crippen LogP) is 2.71. The van der Waals surface area contributed by atoms with Crippen LogP contribution in [0.2, 0.25) is 5.02 Å². The molecule has 0 aliphatic carbocycles. The van der Waals surface area contributed by atoms with Crippen LogP contribution in [0.3, 0.4) is 0 Å². The lowest BCUT2D eigenvalue weighted by molar-refractivity contribution is -0.132. The lowest BCUT2D eigenvalue weighted by Gasteiger charge is -2.34. The number of amides is 1. The molecule has 4 rings (SSSR count). The second kappa shape index (κ2) is 6.85. The molecule has 0 N–H and O–H groups in total. The number of hydrogen-bond donors (Lipinski definition) is 0. The van der Waals surface area contributed by atoms with Crippen molar-refractivity contribution in [3.05, 3.63) is 64.5 Å². The molecule has 1 atom stereocenters. The summed E-state index contributed by atoms with van der Waals surface area (Å²) in [5.74, 6) is -0.564. The molecule has 1 amide bonds. The van der Waals surface area contributed by atoms with Crippen molar-refractivity contribution < 1.29 is 9.18 Å². The summed E-state index contributed by atoms with van der Waals surface area (Å²) in [6.07, 6.45) is 5.79. The summed E-state index contributed by atoms with van der Waals surface area (Å²) in [6, 6.07) is 4.85. The largest absolute Gasteiger partial charge is 0.337 e. The van der Waals surface area contributed by atoms with Crippen molar-refractivity contribution in [2.45, 2.75) is 19.0 Å². The average molecular weight is 375 g/mol. The third-order valence-electron chi connectivity index (χ3n) is 5.02. The first-order valence-corrected chi connectivity index (χ1v) is 9.01. The van der Waals surface area contributed by atoms with Gasteiger partial charge in [0.05, 0.1) is 28.7 Å². The molecule has 0 radical (unpaired) electrons. The number of rotatable bonds is 3. The number of benzene rings is 1. The highest BCUT2D eigenvalue weighted by Crippen LogP contribution is 2.30. The first-order chi connectivity index (χ1) is 12.5. The number of halogens is 2. The van der Waals surface area contributed by atoms with Gasteiger partial charge in [-0.05, 0) is 17.7 Å². The van der Waals surface area contributed by atoms with Gasteiger partial charge in [-0.25, -0.2) is 9.37 Å². The molecule has 1 aromatic carbocycles. The van der Waals surface area contributed by atoms with Crippen molar-refractivity contribution in [1.29, 1.82) is 0 Å². The molecule has 2 aliphatic heterocycles. The highest BCUT2D eigenvalue weighted by molar-refractivity contribution is 6.30. The van der Waals surface area contributed by atoms with Crippen LogP contribution in [-0.4, -0.2) is 44.9 Å². The van der Waals surface area contributed by atoms with Gasteiger partial charge in [0.15, 0.2) is 0 Å². The standard InChI is InChI=1S/C19H20ClFN4O/c1-23-12-22-17-11-24(9-13-4-5-15(20)16(21)8-13)10-14(18(17)23)19(26)25-6-2-3-7-25/h2-5,8,12,14H,6-7,9-11H2,1H3/t14-/m0/s1. The molecule has 0 saturated heterocycles. The number of hydrogen-bond acceptors (Lipinski definition) is 3. The number of carbonyl (C=O) groups excluding carboxylic acids is 1. The van der Waals surface area contributed by atoms with E-state index in [4.69, 9.17) is 11.6 Å². The first kappa shape index (κ1) is 17.2. The average Bonchev–Trinajstić information content (AvgIpc) is 3.27. The van der Waals surface area contributed by atoms with Crippen molar-refractivity contribution in [3.8, 4) is 0 Å². The molecule has 2 aromatic rings. The van der Waals surface area contributed by atoms with Crippen LogP contribution in [-0.2, 0) is 24.9 Å². The number of fused-ring (bicyclic) bond motifs is 1. The Morgan fingerprint density at radius 1 is 1.35 bits per heavy atom. The summed E-state index contributed by atoms with van der Waals surface area (Å²) < 4.78 is 15.7. The SMILES string of the molecule is Cn1cnc2c1[C@@H](C(=O)N1CC=CC1)CN(Cc1ccc(Cl)c(F)c1)C2. The summed E-state index contributed by atoms with van der Waals surface area (Å²) in [5.41, 5.74) is 2.74. The molecule has 7 heteroatoms. The Bertz CT molecular complexity index is 870. The summed E-state index contributed by atoms with van der Waals surface area (Å²) >= 11 is 5.77. The summed E-state index contributed by atoms with van der Waals surface area (Å²) in [5, 5.41) is 0.119. The van der Waals surface area contributed by atoms with Crippen molar-refractivity contribution in [2.75, 3.05) is 19.6 Å². The van der Waals surface area contributed by atoms with Crippen LogP contribution in [0.25, 0.3) is 0 Å². The van der Waals surface area contributed by atoms with Gasteiger partial charge in [0.2, 0.25) is 5.91 Å². The summed E-state index contributed by atoms with van der Waals surface area (Å²) in [4.78, 5) is 21.5. The van der Waals surface area contributed by atoms with Gasteiger partial charge in [-0.1, -0.05) is 29.8 Å². The van der Waals surface area contributed by atoms with E-state index in [1.165, 1.54) is 6.07 Å². The molecular weight excluding hydrogens is 355 g/mol. The topological polar surface area (TPSA) is 41.4 Å². The molecule has 26 heavy (non-hydrogen) atoms. The third-order valence-corrected chi connectivity index (χ3v) is 5.33. The maximum atomic E-state index is 13.8. The van der Waals surface area contributed by atoms with E-state index in [1.807, 2.05) is 34.7 Å². The van der Waals surface area contributed by atoms with Gasteiger partial charge in [-0.2, -0.15) is 0 Å². The van der Waals surface area contributed by atoms with Gasteiger partial charge in [-0.3, -0.25) is 9.69 Å². The van der Waals surface area contributed by atoms with Crippen LogP contribution in [0.4, 0.5) is 4.39 Å². The fraction of sp³-hybridized carbons (Fsp3) is 0.368. The van der Waals surface area contributed by atoms with Crippen molar-refractivity contribution >= 4 is 17.5 Å². The first-order valence-electron chi connectivity index (χ1n) is 8.63. The van der Waals surface area contributed by atoms with E-state index >= 15 is 0 Å². The predicted molar refractivity (Wildman–Crippen MR) is 97.2 cm³/mol. The number of aryl methyl sites for hydroxylation is 1. The Morgan fingerprint density at radius 2 is 2.12 bits per heavy atom. The molecule has 1 aromatic heterocycles. The van der Waals surface area contributed by atoms with Gasteiger partial charge in [0.25, 0.3) is 0 Å². The molecule has 5 nitrogen and oxygen atoms in total. The maximum Gasteiger partial charge on any atom is 0.233 e. The van der Waals surface area contributed by atoms with Crippen molar-refractivity contribution in [2.24, 2.45) is 7.05 Å². The van der Waals surface area contributed by atoms with Crippen LogP contribution < -0.4 is 0 Å². The molecule has 0 spiro atoms. The summed E-state index contributed by atoms with van der Waals surface area (Å²) in [7, 11) is 1.93. The zero-order valence-corrected chi connectivity index (χ0v) is 15.3. The molecule has 0 bridgehead atoms. The van der Waals surface area contributed by atoms with Crippen LogP contribution in [0.5, 0.6) is 0 Å². The Kier molecular flexibility index (Phi) is 4.54. The minimum atomic E-state index is -0.421. The van der Waals surface area contributed by atoms with Gasteiger partial charge in [0.1, 0.15) is 5.82 Å². The van der Waals surface area contributed by atoms with Gasteiger partial charge in [0, 0.05) is 39.8 Å². The zero-order valence-electron chi connectivity index (χ0n) is 14.5. The fourth-order valence-electron chi connectivity index (χ4n) is 3.77. The number of carbonyl (C=O) groups is 1. The van der Waals surface area contributed by atoms with E-state index in [0.29, 0.717) is 32.7 Å². The maximum absolute atomic E-state index is 13.8. The number of imidazole rings is 1. The minimum absolute atomic E-state index is 0.117. The van der Waals surface area contributed by atoms with E-state index < -0.39 is 5.82 Å². The van der Waals surface area contributed by atoms with Crippen molar-refractivity contribution in [1.82, 2.24) is 19.4 Å². The van der Waals surface area contributed by atoms with E-state index in [1.54, 1.807) is 12.4 Å². The Morgan fingerprint density at radius 3 is 2.85 bits per heavy atom. The summed E-state index contributed by atoms with van der Waals surface area (Å²) in [6.45, 7) is 3.09. The Labute approximate surface area is 156 Å². The van der Waals surface area contributed by atoms with Crippen LogP contribution in [0.1, 0.15) is 22.9 Å². The molecular formula is C19H20ClFN4O. The smallest absolute Gasteiger partial charge is 0.233 e. The second-order valence-electron chi connectivity index (χ2n) is 6.87. The van der Waals surface area contributed by atoms with Crippen molar-refractivity contribution in [3.63, 3.8) is 0 Å². The van der Waals surface area contributed by atoms with E-state index in [0.717, 1.165) is 17.0 Å². The highest BCUT2D eigenvalue weighted by atomic mass is 35.5. The third kappa shape index (κ3) is 3.15. The van der Waals surface area contributed by atoms with Crippen LogP contribution in [0, 0.1) is 5.82 Å². The Balaban J connectivity index is 1.58. The normalized spacial score (nSPS) is 19.8. The van der Waals surface area contributed by atoms with Gasteiger partial charge < -0.3 is 9.47 Å². The molecule has 2 aliphatic rings. The molecule has 0 fully saturated rings. The zero-order chi connectivity index (χ0) is 18.3. The molecule has 0 unspecified atom stereocenters. The molecule has 0 saturated carbocycles. The molecule has 136 valence electrons. The van der Waals surface area contributed by atoms with Gasteiger partial charge in [-0.15, -0.1) is 0 Å². The van der Waals surface area contributed by atoms with E-state index in [-0.39, 0.29) is 16.8 Å². The van der Waals surface area contributed by atoms with Crippen LogP contribution in [0.15, 0.2) is 36.7 Å². The number of nitrogens with zero attached hydrogens (tertiary/aromatic N) is 4. The van der Waals surface area contributed by atoms with E-state index in [9.17, 15) is 9.18 Å². The minimum Gasteiger partial charge on any atom is -0.337 e. The molecule has 3 heterocycles. The van der Waals surface area contributed by atoms with Crippen LogP contribution >= 0.6 is 11.6 Å². The highest BCUT2D eigenvalue weighted by Gasteiger charge is 2.36. The second-order valence-corrected chi connectivity index (χ2v) is 7.28. The lowest BCUT2D eigenvalue weighted by Crippen LogP contribution is -2.43. The lowest BCUT2D eigenvalue weighted by atomic mass is 9.96. The van der Waals surface area contributed by atoms with Gasteiger partial charge >= 0.3 is 0 Å². The fourth-order valence-corrected chi connectivity index (χ4v) is 3.89. The quantitative estimate of drug-likeness (QED) is 0.776. The van der Waals surface area contributed by atoms with E-state index in [2.05, 4.69) is 9.88 Å². The monoisotopic (exact) mass is 374 g/mol.